The molecule has 0 unspecified atom stereocenters. The predicted molar refractivity (Wildman–Crippen MR) is 110 cm³/mol. The summed E-state index contributed by atoms with van der Waals surface area (Å²) in [5.74, 6) is -0.410. The maximum Gasteiger partial charge on any atom is 0.226 e. The predicted octanol–water partition coefficient (Wildman–Crippen LogP) is 2.43. The fourth-order valence-electron chi connectivity index (χ4n) is 3.93. The van der Waals surface area contributed by atoms with Gasteiger partial charge in [-0.3, -0.25) is 4.84 Å². The van der Waals surface area contributed by atoms with E-state index in [4.69, 9.17) is 30.6 Å². The Balaban J connectivity index is 1.42. The molecule has 0 radical (unpaired) electrons. The largest absolute Gasteiger partial charge is 0.394 e. The maximum atomic E-state index is 9.73. The Kier molecular flexibility index (Phi) is 5.29. The van der Waals surface area contributed by atoms with Crippen molar-refractivity contribution in [2.45, 2.75) is 50.8 Å². The number of fused-ring (bicyclic) bond motifs is 2. The highest BCUT2D eigenvalue weighted by Gasteiger charge is 2.56. The van der Waals surface area contributed by atoms with Gasteiger partial charge in [-0.25, -0.2) is 10.2 Å². The quantitative estimate of drug-likeness (QED) is 0.434. The first kappa shape index (κ1) is 20.6. The van der Waals surface area contributed by atoms with E-state index in [9.17, 15) is 5.11 Å². The molecule has 0 saturated carbocycles. The van der Waals surface area contributed by atoms with E-state index in [1.54, 1.807) is 10.9 Å². The minimum Gasteiger partial charge on any atom is -0.394 e. The molecule has 1 aromatic carbocycles. The number of benzene rings is 1. The lowest BCUT2D eigenvalue weighted by Gasteiger charge is -2.23. The molecule has 164 valence electrons. The zero-order valence-electron chi connectivity index (χ0n) is 16.9. The number of anilines is 1. The van der Waals surface area contributed by atoms with Crippen molar-refractivity contribution in [3.8, 4) is 0 Å². The van der Waals surface area contributed by atoms with Crippen molar-refractivity contribution in [1.82, 2.24) is 19.7 Å². The number of aromatic nitrogens is 4. The number of hydrogen-bond donors (Lipinski definition) is 2. The molecule has 3 aromatic rings. The Morgan fingerprint density at radius 1 is 1.19 bits per heavy atom. The van der Waals surface area contributed by atoms with Gasteiger partial charge in [-0.05, 0) is 31.0 Å². The topological polar surface area (TPSA) is 113 Å². The van der Waals surface area contributed by atoms with Crippen LogP contribution in [0.25, 0.3) is 11.0 Å². The molecular weight excluding hydrogens is 426 g/mol. The van der Waals surface area contributed by atoms with Gasteiger partial charge < -0.3 is 19.3 Å². The first-order valence-corrected chi connectivity index (χ1v) is 10.3. The molecule has 2 aliphatic rings. The van der Waals surface area contributed by atoms with Crippen LogP contribution in [0.15, 0.2) is 36.5 Å². The fourth-order valence-corrected chi connectivity index (χ4v) is 4.09. The second-order valence-corrected chi connectivity index (χ2v) is 8.19. The van der Waals surface area contributed by atoms with Crippen LogP contribution < -0.4 is 5.48 Å². The molecule has 11 heteroatoms. The lowest BCUT2D eigenvalue weighted by atomic mass is 10.1. The van der Waals surface area contributed by atoms with Crippen molar-refractivity contribution < 1.29 is 24.2 Å². The van der Waals surface area contributed by atoms with Gasteiger partial charge in [0.05, 0.1) is 24.8 Å². The summed E-state index contributed by atoms with van der Waals surface area (Å²) in [6.07, 6.45) is -0.473. The monoisotopic (exact) mass is 447 g/mol. The number of aliphatic hydroxyl groups excluding tert-OH is 1. The smallest absolute Gasteiger partial charge is 0.226 e. The van der Waals surface area contributed by atoms with Gasteiger partial charge in [0.25, 0.3) is 0 Å². The van der Waals surface area contributed by atoms with Crippen LogP contribution >= 0.6 is 11.6 Å². The van der Waals surface area contributed by atoms with E-state index in [2.05, 4.69) is 20.5 Å². The van der Waals surface area contributed by atoms with Crippen LogP contribution in [0.2, 0.25) is 5.28 Å². The van der Waals surface area contributed by atoms with E-state index in [1.807, 2.05) is 44.2 Å². The highest BCUT2D eigenvalue weighted by molar-refractivity contribution is 6.28. The molecule has 0 aliphatic carbocycles. The summed E-state index contributed by atoms with van der Waals surface area (Å²) in [4.78, 5) is 14.1. The molecule has 10 nitrogen and oxygen atoms in total. The molecule has 0 bridgehead atoms. The SMILES string of the molecule is CC1(C)O[C@@H]2[C@H](O1)[C@@H](CO)O[C@H]2n1ncc2c(NOCc3ccccc3)nc(Cl)nc21. The van der Waals surface area contributed by atoms with E-state index in [0.29, 0.717) is 23.5 Å². The minimum absolute atomic E-state index is 0.0252. The van der Waals surface area contributed by atoms with Gasteiger partial charge in [-0.1, -0.05) is 30.3 Å². The number of nitrogens with one attached hydrogen (secondary N) is 1. The van der Waals surface area contributed by atoms with Gasteiger partial charge >= 0.3 is 0 Å². The van der Waals surface area contributed by atoms with Gasteiger partial charge in [0.15, 0.2) is 23.5 Å². The normalized spacial score (nSPS) is 27.0. The van der Waals surface area contributed by atoms with Crippen molar-refractivity contribution in [3.63, 3.8) is 0 Å². The Morgan fingerprint density at radius 3 is 2.74 bits per heavy atom. The van der Waals surface area contributed by atoms with Crippen molar-refractivity contribution in [2.24, 2.45) is 0 Å². The van der Waals surface area contributed by atoms with E-state index in [1.165, 1.54) is 0 Å². The van der Waals surface area contributed by atoms with Crippen molar-refractivity contribution in [1.29, 1.82) is 0 Å². The Bertz CT molecular complexity index is 1080. The molecule has 2 aromatic heterocycles. The molecular formula is C20H22ClN5O5. The molecule has 2 N–H and O–H groups in total. The summed E-state index contributed by atoms with van der Waals surface area (Å²) in [7, 11) is 0. The van der Waals surface area contributed by atoms with Crippen molar-refractivity contribution in [3.05, 3.63) is 47.4 Å². The Hall–Kier alpha value is -2.34. The van der Waals surface area contributed by atoms with Gasteiger partial charge in [0, 0.05) is 0 Å². The molecule has 31 heavy (non-hydrogen) atoms. The highest BCUT2D eigenvalue weighted by atomic mass is 35.5. The third-order valence-electron chi connectivity index (χ3n) is 5.22. The Morgan fingerprint density at radius 2 is 1.97 bits per heavy atom. The highest BCUT2D eigenvalue weighted by Crippen LogP contribution is 2.43. The van der Waals surface area contributed by atoms with Crippen LogP contribution in [0, 0.1) is 0 Å². The summed E-state index contributed by atoms with van der Waals surface area (Å²) in [5, 5.41) is 14.8. The van der Waals surface area contributed by atoms with Crippen LogP contribution in [0.3, 0.4) is 0 Å². The molecule has 5 rings (SSSR count). The lowest BCUT2D eigenvalue weighted by Crippen LogP contribution is -2.31. The number of hydrogen-bond acceptors (Lipinski definition) is 9. The zero-order valence-corrected chi connectivity index (χ0v) is 17.7. The van der Waals surface area contributed by atoms with Gasteiger partial charge in [0.2, 0.25) is 5.28 Å². The molecule has 0 amide bonds. The summed E-state index contributed by atoms with van der Waals surface area (Å²) in [6, 6.07) is 9.73. The third-order valence-corrected chi connectivity index (χ3v) is 5.39. The first-order chi connectivity index (χ1) is 14.9. The van der Waals surface area contributed by atoms with Crippen molar-refractivity contribution in [2.75, 3.05) is 12.1 Å². The van der Waals surface area contributed by atoms with E-state index < -0.39 is 30.3 Å². The van der Waals surface area contributed by atoms with Crippen LogP contribution in [-0.4, -0.2) is 55.6 Å². The number of nitrogens with zero attached hydrogens (tertiary/aromatic N) is 4. The van der Waals surface area contributed by atoms with E-state index in [0.717, 1.165) is 5.56 Å². The molecule has 2 saturated heterocycles. The fraction of sp³-hybridized carbons (Fsp3) is 0.450. The molecule has 0 spiro atoms. The van der Waals surface area contributed by atoms with Crippen LogP contribution in [0.1, 0.15) is 25.6 Å². The van der Waals surface area contributed by atoms with Gasteiger partial charge in [-0.15, -0.1) is 0 Å². The molecule has 4 heterocycles. The number of ether oxygens (including phenoxy) is 3. The van der Waals surface area contributed by atoms with E-state index in [-0.39, 0.29) is 11.9 Å². The Labute approximate surface area is 183 Å². The average Bonchev–Trinajstić information content (AvgIpc) is 3.39. The molecule has 4 atom stereocenters. The summed E-state index contributed by atoms with van der Waals surface area (Å²) >= 11 is 6.17. The minimum atomic E-state index is -0.793. The standard InChI is InChI=1S/C20H22ClN5O5/c1-20(2)30-14-13(9-27)29-18(15(14)31-20)26-17-12(8-22-26)16(23-19(21)24-17)25-28-10-11-6-4-3-5-7-11/h3-8,13-15,18,27H,9-10H2,1-2H3,(H,23,24,25)/t13-,14-,15-,18-/m1/s1. The number of rotatable bonds is 6. The van der Waals surface area contributed by atoms with Gasteiger partial charge in [-0.2, -0.15) is 15.1 Å². The van der Waals surface area contributed by atoms with Crippen LogP contribution in [0.4, 0.5) is 5.82 Å². The summed E-state index contributed by atoms with van der Waals surface area (Å²) < 4.78 is 19.5. The van der Waals surface area contributed by atoms with E-state index >= 15 is 0 Å². The molecule has 2 fully saturated rings. The van der Waals surface area contributed by atoms with Crippen LogP contribution in [-0.2, 0) is 25.7 Å². The van der Waals surface area contributed by atoms with Gasteiger partial charge in [0.1, 0.15) is 18.3 Å². The second-order valence-electron chi connectivity index (χ2n) is 7.86. The number of halogens is 1. The summed E-state index contributed by atoms with van der Waals surface area (Å²) in [6.45, 7) is 3.78. The lowest BCUT2D eigenvalue weighted by molar-refractivity contribution is -0.201. The zero-order chi connectivity index (χ0) is 21.6. The maximum absolute atomic E-state index is 9.73. The average molecular weight is 448 g/mol. The summed E-state index contributed by atoms with van der Waals surface area (Å²) in [5.41, 5.74) is 4.28. The number of aliphatic hydroxyl groups is 1. The third kappa shape index (κ3) is 3.86. The second kappa shape index (κ2) is 7.97. The first-order valence-electron chi connectivity index (χ1n) is 9.89. The van der Waals surface area contributed by atoms with Crippen LogP contribution in [0.5, 0.6) is 0 Å². The molecule has 2 aliphatic heterocycles. The van der Waals surface area contributed by atoms with Crippen molar-refractivity contribution >= 4 is 28.5 Å².